The third-order valence-corrected chi connectivity index (χ3v) is 3.86. The maximum absolute atomic E-state index is 9.77. The van der Waals surface area contributed by atoms with Gasteiger partial charge in [0.1, 0.15) is 18.0 Å². The van der Waals surface area contributed by atoms with Crippen molar-refractivity contribution in [2.45, 2.75) is 23.7 Å². The molecule has 2 heterocycles. The van der Waals surface area contributed by atoms with E-state index in [-0.39, 0.29) is 0 Å². The van der Waals surface area contributed by atoms with Gasteiger partial charge in [-0.25, -0.2) is 4.98 Å². The van der Waals surface area contributed by atoms with E-state index < -0.39 is 23.7 Å². The van der Waals surface area contributed by atoms with Crippen molar-refractivity contribution in [1.82, 2.24) is 4.98 Å². The Hall–Kier alpha value is -1.02. The van der Waals surface area contributed by atoms with Crippen LogP contribution in [0.25, 0.3) is 0 Å². The molecule has 1 fully saturated rings. The van der Waals surface area contributed by atoms with Crippen LogP contribution in [0.5, 0.6) is 11.6 Å². The van der Waals surface area contributed by atoms with E-state index in [9.17, 15) is 15.3 Å². The molecule has 18 heavy (non-hydrogen) atoms. The zero-order valence-corrected chi connectivity index (χ0v) is 10.6. The van der Waals surface area contributed by atoms with E-state index in [2.05, 4.69) is 4.98 Å². The van der Waals surface area contributed by atoms with Crippen LogP contribution in [0.3, 0.4) is 0 Å². The van der Waals surface area contributed by atoms with Crippen molar-refractivity contribution in [2.24, 2.45) is 0 Å². The normalized spacial score (nSPS) is 32.0. The molecular weight excluding hydrogens is 258 g/mol. The monoisotopic (exact) mass is 273 g/mol. The summed E-state index contributed by atoms with van der Waals surface area (Å²) < 4.78 is 10.4. The number of aromatic nitrogens is 1. The van der Waals surface area contributed by atoms with Crippen LogP contribution in [-0.2, 0) is 0 Å². The number of hydrogen-bond donors (Lipinski definition) is 3. The van der Waals surface area contributed by atoms with E-state index >= 15 is 0 Å². The highest BCUT2D eigenvalue weighted by molar-refractivity contribution is 7.99. The summed E-state index contributed by atoms with van der Waals surface area (Å²) in [6, 6.07) is 3.30. The second kappa shape index (κ2) is 5.75. The van der Waals surface area contributed by atoms with Gasteiger partial charge in [0.25, 0.3) is 0 Å². The van der Waals surface area contributed by atoms with Crippen LogP contribution >= 0.6 is 11.8 Å². The lowest BCUT2D eigenvalue weighted by Crippen LogP contribution is -2.50. The first kappa shape index (κ1) is 13.4. The van der Waals surface area contributed by atoms with Crippen LogP contribution in [0.1, 0.15) is 0 Å². The van der Waals surface area contributed by atoms with Gasteiger partial charge >= 0.3 is 0 Å². The molecule has 7 heteroatoms. The topological polar surface area (TPSA) is 92.0 Å². The predicted octanol–water partition coefficient (Wildman–Crippen LogP) is -0.375. The highest BCUT2D eigenvalue weighted by atomic mass is 32.2. The maximum Gasteiger partial charge on any atom is 0.213 e. The first-order chi connectivity index (χ1) is 8.61. The Morgan fingerprint density at radius 2 is 2.06 bits per heavy atom. The van der Waals surface area contributed by atoms with Crippen LogP contribution in [0, 0.1) is 0 Å². The lowest BCUT2D eigenvalue weighted by molar-refractivity contribution is -0.0786. The largest absolute Gasteiger partial charge is 0.481 e. The predicted molar refractivity (Wildman–Crippen MR) is 65.7 cm³/mol. The van der Waals surface area contributed by atoms with Crippen molar-refractivity contribution in [3.8, 4) is 11.6 Å². The average Bonchev–Trinajstić information content (AvgIpc) is 2.40. The third-order valence-electron chi connectivity index (χ3n) is 2.62. The molecule has 1 aliphatic heterocycles. The molecular formula is C11H15NO5S. The van der Waals surface area contributed by atoms with Gasteiger partial charge in [-0.1, -0.05) is 0 Å². The Labute approximate surface area is 109 Å². The Morgan fingerprint density at radius 1 is 1.28 bits per heavy atom. The molecule has 0 saturated carbocycles. The Kier molecular flexibility index (Phi) is 4.28. The van der Waals surface area contributed by atoms with Gasteiger partial charge in [-0.05, 0) is 6.07 Å². The SMILES string of the molecule is COc1ccc(O[C@H]2SC[C@@H](O)[C@H](O)[C@H]2O)cn1. The summed E-state index contributed by atoms with van der Waals surface area (Å²) in [6.07, 6.45) is -1.79. The summed E-state index contributed by atoms with van der Waals surface area (Å²) >= 11 is 1.25. The summed E-state index contributed by atoms with van der Waals surface area (Å²) in [6.45, 7) is 0. The van der Waals surface area contributed by atoms with Gasteiger partial charge in [-0.15, -0.1) is 11.8 Å². The fourth-order valence-corrected chi connectivity index (χ4v) is 2.70. The number of rotatable bonds is 3. The van der Waals surface area contributed by atoms with Crippen LogP contribution in [0.15, 0.2) is 18.3 Å². The highest BCUT2D eigenvalue weighted by Crippen LogP contribution is 2.29. The maximum atomic E-state index is 9.77. The fraction of sp³-hybridized carbons (Fsp3) is 0.545. The molecule has 6 nitrogen and oxygen atoms in total. The minimum atomic E-state index is -1.19. The van der Waals surface area contributed by atoms with E-state index in [1.807, 2.05) is 0 Å². The molecule has 1 saturated heterocycles. The zero-order chi connectivity index (χ0) is 13.1. The highest BCUT2D eigenvalue weighted by Gasteiger charge is 2.38. The Balaban J connectivity index is 2.00. The van der Waals surface area contributed by atoms with Crippen molar-refractivity contribution in [3.63, 3.8) is 0 Å². The number of ether oxygens (including phenoxy) is 2. The zero-order valence-electron chi connectivity index (χ0n) is 9.76. The number of methoxy groups -OCH3 is 1. The summed E-state index contributed by atoms with van der Waals surface area (Å²) in [7, 11) is 1.52. The first-order valence-corrected chi connectivity index (χ1v) is 6.49. The van der Waals surface area contributed by atoms with Gasteiger partial charge in [0.2, 0.25) is 5.88 Å². The second-order valence-corrected chi connectivity index (χ2v) is 5.04. The number of aliphatic hydroxyl groups excluding tert-OH is 3. The lowest BCUT2D eigenvalue weighted by Gasteiger charge is -2.34. The van der Waals surface area contributed by atoms with Crippen molar-refractivity contribution in [3.05, 3.63) is 18.3 Å². The van der Waals surface area contributed by atoms with Crippen LogP contribution in [0.2, 0.25) is 0 Å². The van der Waals surface area contributed by atoms with E-state index in [4.69, 9.17) is 9.47 Å². The van der Waals surface area contributed by atoms with Crippen molar-refractivity contribution < 1.29 is 24.8 Å². The first-order valence-electron chi connectivity index (χ1n) is 5.44. The number of hydrogen-bond acceptors (Lipinski definition) is 7. The van der Waals surface area contributed by atoms with E-state index in [0.717, 1.165) is 0 Å². The fourth-order valence-electron chi connectivity index (χ4n) is 1.57. The molecule has 4 atom stereocenters. The second-order valence-electron chi connectivity index (χ2n) is 3.90. The molecule has 1 aromatic rings. The van der Waals surface area contributed by atoms with Crippen molar-refractivity contribution in [2.75, 3.05) is 12.9 Å². The molecule has 2 rings (SSSR count). The third kappa shape index (κ3) is 2.86. The minimum Gasteiger partial charge on any atom is -0.481 e. The van der Waals surface area contributed by atoms with Crippen molar-refractivity contribution in [1.29, 1.82) is 0 Å². The molecule has 0 aliphatic carbocycles. The standard InChI is InChI=1S/C11H15NO5S/c1-16-8-3-2-6(4-12-8)17-11-10(15)9(14)7(13)5-18-11/h2-4,7,9-11,13-15H,5H2,1H3/t7-,9+,10-,11+/m1/s1. The Morgan fingerprint density at radius 3 is 2.67 bits per heavy atom. The summed E-state index contributed by atoms with van der Waals surface area (Å²) in [5.41, 5.74) is -0.626. The molecule has 3 N–H and O–H groups in total. The number of pyridine rings is 1. The van der Waals surface area contributed by atoms with Crippen LogP contribution in [-0.4, -0.2) is 56.9 Å². The summed E-state index contributed by atoms with van der Waals surface area (Å²) in [4.78, 5) is 3.97. The van der Waals surface area contributed by atoms with Gasteiger partial charge in [0.05, 0.1) is 19.4 Å². The number of aliphatic hydroxyl groups is 3. The van der Waals surface area contributed by atoms with Gasteiger partial charge in [0.15, 0.2) is 5.44 Å². The summed E-state index contributed by atoms with van der Waals surface area (Å²) in [5, 5.41) is 28.7. The van der Waals surface area contributed by atoms with Crippen LogP contribution in [0.4, 0.5) is 0 Å². The van der Waals surface area contributed by atoms with Crippen LogP contribution < -0.4 is 9.47 Å². The molecule has 0 spiro atoms. The number of thioether (sulfide) groups is 1. The molecule has 1 aromatic heterocycles. The van der Waals surface area contributed by atoms with E-state index in [1.54, 1.807) is 12.1 Å². The quantitative estimate of drug-likeness (QED) is 0.691. The summed E-state index contributed by atoms with van der Waals surface area (Å²) in [5.74, 6) is 1.25. The molecule has 0 bridgehead atoms. The number of nitrogens with zero attached hydrogens (tertiary/aromatic N) is 1. The van der Waals surface area contributed by atoms with Gasteiger partial charge in [-0.2, -0.15) is 0 Å². The molecule has 100 valence electrons. The lowest BCUT2D eigenvalue weighted by atomic mass is 10.1. The Bertz CT molecular complexity index is 388. The molecule has 0 unspecified atom stereocenters. The van der Waals surface area contributed by atoms with E-state index in [0.29, 0.717) is 17.4 Å². The minimum absolute atomic E-state index is 0.312. The molecule has 0 amide bonds. The van der Waals surface area contributed by atoms with Gasteiger partial charge in [-0.3, -0.25) is 0 Å². The molecule has 0 aromatic carbocycles. The van der Waals surface area contributed by atoms with Crippen molar-refractivity contribution >= 4 is 11.8 Å². The molecule has 0 radical (unpaired) electrons. The van der Waals surface area contributed by atoms with E-state index in [1.165, 1.54) is 25.1 Å². The van der Waals surface area contributed by atoms with Gasteiger partial charge < -0.3 is 24.8 Å². The molecule has 1 aliphatic rings. The smallest absolute Gasteiger partial charge is 0.213 e. The average molecular weight is 273 g/mol. The van der Waals surface area contributed by atoms with Gasteiger partial charge in [0, 0.05) is 11.8 Å².